The molecule has 0 aromatic carbocycles. The fraction of sp³-hybridized carbons (Fsp3) is 0.375. The highest BCUT2D eigenvalue weighted by atomic mass is 127. The van der Waals surface area contributed by atoms with Crippen LogP contribution < -0.4 is 0 Å². The molecule has 0 aliphatic rings. The zero-order valence-corrected chi connectivity index (χ0v) is 8.74. The lowest BCUT2D eigenvalue weighted by atomic mass is 10.2. The number of hydrogen-bond acceptors (Lipinski definition) is 1. The summed E-state index contributed by atoms with van der Waals surface area (Å²) in [6.45, 7) is 3.81. The average molecular weight is 265 g/mol. The average Bonchev–Trinajstić information content (AvgIpc) is 2.31. The topological polar surface area (TPSA) is 0 Å². The Labute approximate surface area is 79.8 Å². The predicted molar refractivity (Wildman–Crippen MR) is 55.3 cm³/mol. The van der Waals surface area contributed by atoms with Crippen molar-refractivity contribution < 1.29 is 0 Å². The molecular weight excluding hydrogens is 255 g/mol. The summed E-state index contributed by atoms with van der Waals surface area (Å²) in [5.41, 5.74) is 0. The lowest BCUT2D eigenvalue weighted by Gasteiger charge is -1.90. The first-order valence-corrected chi connectivity index (χ1v) is 5.26. The minimum Gasteiger partial charge on any atom is -0.134 e. The van der Waals surface area contributed by atoms with E-state index in [-0.39, 0.29) is 0 Å². The molecule has 0 amide bonds. The molecule has 0 aliphatic carbocycles. The molecule has 0 spiro atoms. The molecule has 0 saturated carbocycles. The molecule has 0 aliphatic heterocycles. The Morgan fingerprint density at radius 2 is 2.30 bits per heavy atom. The van der Waals surface area contributed by atoms with Crippen LogP contribution in [0.15, 0.2) is 12.1 Å². The van der Waals surface area contributed by atoms with Gasteiger partial charge in [-0.1, -0.05) is 13.3 Å². The molecule has 0 unspecified atom stereocenters. The third-order valence-electron chi connectivity index (χ3n) is 1.30. The van der Waals surface area contributed by atoms with Crippen molar-refractivity contribution >= 4 is 33.9 Å². The highest BCUT2D eigenvalue weighted by molar-refractivity contribution is 14.1. The lowest BCUT2D eigenvalue weighted by molar-refractivity contribution is 0.853. The van der Waals surface area contributed by atoms with Crippen molar-refractivity contribution in [3.8, 4) is 0 Å². The third-order valence-corrected chi connectivity index (χ3v) is 3.26. The van der Waals surface area contributed by atoms with Crippen molar-refractivity contribution in [3.63, 3.8) is 0 Å². The van der Waals surface area contributed by atoms with E-state index in [0.717, 1.165) is 6.42 Å². The van der Waals surface area contributed by atoms with Crippen LogP contribution in [0.1, 0.15) is 17.7 Å². The van der Waals surface area contributed by atoms with Crippen LogP contribution in [0.3, 0.4) is 0 Å². The Morgan fingerprint density at radius 3 is 2.80 bits per heavy atom. The zero-order chi connectivity index (χ0) is 7.40. The van der Waals surface area contributed by atoms with Crippen molar-refractivity contribution in [2.24, 2.45) is 0 Å². The number of unbranched alkanes of at least 4 members (excludes halogenated alkanes) is 1. The fourth-order valence-corrected chi connectivity index (χ4v) is 2.58. The highest BCUT2D eigenvalue weighted by Crippen LogP contribution is 2.19. The minimum absolute atomic E-state index is 1.05. The molecule has 0 N–H and O–H groups in total. The van der Waals surface area contributed by atoms with E-state index in [1.54, 1.807) is 0 Å². The first-order chi connectivity index (χ1) is 4.83. The van der Waals surface area contributed by atoms with Gasteiger partial charge in [-0.3, -0.25) is 0 Å². The van der Waals surface area contributed by atoms with Crippen molar-refractivity contribution in [3.05, 3.63) is 26.8 Å². The Kier molecular flexibility index (Phi) is 3.70. The van der Waals surface area contributed by atoms with Gasteiger partial charge in [0.2, 0.25) is 0 Å². The van der Waals surface area contributed by atoms with Gasteiger partial charge in [0.15, 0.2) is 0 Å². The van der Waals surface area contributed by atoms with Gasteiger partial charge in [0, 0.05) is 4.88 Å². The van der Waals surface area contributed by atoms with Gasteiger partial charge in [-0.2, -0.15) is 0 Å². The summed E-state index contributed by atoms with van der Waals surface area (Å²) in [4.78, 5) is 1.49. The first-order valence-electron chi connectivity index (χ1n) is 3.36. The van der Waals surface area contributed by atoms with Crippen LogP contribution >= 0.6 is 33.9 Å². The molecule has 1 rings (SSSR count). The Hall–Kier alpha value is 0.430. The van der Waals surface area contributed by atoms with Gasteiger partial charge in [-0.15, -0.1) is 11.3 Å². The molecule has 1 aromatic heterocycles. The van der Waals surface area contributed by atoms with Crippen LogP contribution in [0.4, 0.5) is 0 Å². The van der Waals surface area contributed by atoms with E-state index in [1.807, 2.05) is 11.3 Å². The molecular formula is C8H10IS. The van der Waals surface area contributed by atoms with Gasteiger partial charge in [-0.05, 0) is 47.6 Å². The molecule has 1 heterocycles. The normalized spacial score (nSPS) is 10.2. The molecule has 1 radical (unpaired) electrons. The van der Waals surface area contributed by atoms with E-state index in [0.29, 0.717) is 0 Å². The number of thiophene rings is 1. The molecule has 1 aromatic rings. The third kappa shape index (κ3) is 2.58. The second-order valence-corrected chi connectivity index (χ2v) is 5.23. The van der Waals surface area contributed by atoms with Crippen LogP contribution in [-0.2, 0) is 6.42 Å². The second-order valence-electron chi connectivity index (χ2n) is 2.16. The van der Waals surface area contributed by atoms with Gasteiger partial charge in [0.05, 0.1) is 2.88 Å². The van der Waals surface area contributed by atoms with Crippen molar-refractivity contribution in [2.75, 3.05) is 0 Å². The number of aryl methyl sites for hydroxylation is 1. The highest BCUT2D eigenvalue weighted by Gasteiger charge is 1.95. The van der Waals surface area contributed by atoms with E-state index in [1.165, 1.54) is 20.6 Å². The van der Waals surface area contributed by atoms with Crippen LogP contribution in [0.2, 0.25) is 0 Å². The summed E-state index contributed by atoms with van der Waals surface area (Å²) in [5.74, 6) is 0. The molecule has 55 valence electrons. The smallest absolute Gasteiger partial charge is 0.0656 e. The minimum atomic E-state index is 1.05. The van der Waals surface area contributed by atoms with Crippen molar-refractivity contribution in [1.29, 1.82) is 0 Å². The largest absolute Gasteiger partial charge is 0.134 e. The van der Waals surface area contributed by atoms with Crippen LogP contribution in [0.25, 0.3) is 0 Å². The van der Waals surface area contributed by atoms with E-state index in [9.17, 15) is 0 Å². The number of hydrogen-bond donors (Lipinski definition) is 0. The van der Waals surface area contributed by atoms with Crippen molar-refractivity contribution in [1.82, 2.24) is 0 Å². The molecule has 0 atom stereocenters. The maximum Gasteiger partial charge on any atom is 0.0656 e. The van der Waals surface area contributed by atoms with Crippen LogP contribution in [0, 0.1) is 9.81 Å². The van der Waals surface area contributed by atoms with Crippen molar-refractivity contribution in [2.45, 2.75) is 19.3 Å². The number of rotatable bonds is 3. The van der Waals surface area contributed by atoms with E-state index < -0.39 is 0 Å². The standard InChI is InChI=1S/C8H10IS/c1-2-3-4-7-5-6-8(9)10-7/h5-6H,1-4H2. The molecule has 10 heavy (non-hydrogen) atoms. The summed E-state index contributed by atoms with van der Waals surface area (Å²) < 4.78 is 1.39. The maximum atomic E-state index is 3.81. The van der Waals surface area contributed by atoms with Gasteiger partial charge in [0.1, 0.15) is 0 Å². The van der Waals surface area contributed by atoms with E-state index in [4.69, 9.17) is 0 Å². The summed E-state index contributed by atoms with van der Waals surface area (Å²) in [6.07, 6.45) is 3.47. The lowest BCUT2D eigenvalue weighted by Crippen LogP contribution is -1.76. The zero-order valence-electron chi connectivity index (χ0n) is 5.77. The van der Waals surface area contributed by atoms with Crippen LogP contribution in [0.5, 0.6) is 0 Å². The quantitative estimate of drug-likeness (QED) is 0.734. The summed E-state index contributed by atoms with van der Waals surface area (Å²) in [7, 11) is 0. The molecule has 0 fully saturated rings. The Morgan fingerprint density at radius 1 is 1.50 bits per heavy atom. The molecule has 2 heteroatoms. The Bertz CT molecular complexity index is 193. The number of halogens is 1. The molecule has 0 saturated heterocycles. The summed E-state index contributed by atoms with van der Waals surface area (Å²) in [5, 5.41) is 0. The SMILES string of the molecule is [CH2]CCCc1ccc(I)s1. The second kappa shape index (κ2) is 4.34. The van der Waals surface area contributed by atoms with E-state index >= 15 is 0 Å². The predicted octanol–water partition coefficient (Wildman–Crippen LogP) is 3.51. The van der Waals surface area contributed by atoms with E-state index in [2.05, 4.69) is 41.6 Å². The summed E-state index contributed by atoms with van der Waals surface area (Å²) in [6, 6.07) is 4.38. The fourth-order valence-electron chi connectivity index (χ4n) is 0.785. The van der Waals surface area contributed by atoms with Gasteiger partial charge in [0.25, 0.3) is 0 Å². The van der Waals surface area contributed by atoms with Gasteiger partial charge < -0.3 is 0 Å². The Balaban J connectivity index is 2.42. The monoisotopic (exact) mass is 265 g/mol. The molecule has 0 bridgehead atoms. The van der Waals surface area contributed by atoms with Crippen LogP contribution in [-0.4, -0.2) is 0 Å². The maximum absolute atomic E-state index is 3.81. The van der Waals surface area contributed by atoms with Gasteiger partial charge in [-0.25, -0.2) is 0 Å². The van der Waals surface area contributed by atoms with Gasteiger partial charge >= 0.3 is 0 Å². The summed E-state index contributed by atoms with van der Waals surface area (Å²) >= 11 is 4.24. The molecule has 0 nitrogen and oxygen atoms in total. The first kappa shape index (κ1) is 8.53.